The second-order valence-corrected chi connectivity index (χ2v) is 8.39. The molecular weight excluding hydrogens is 376 g/mol. The van der Waals surface area contributed by atoms with E-state index in [4.69, 9.17) is 14.2 Å². The van der Waals surface area contributed by atoms with Crippen molar-refractivity contribution in [1.29, 1.82) is 0 Å². The molecule has 0 amide bonds. The maximum atomic E-state index is 6.00. The van der Waals surface area contributed by atoms with Crippen LogP contribution in [-0.4, -0.2) is 50.5 Å². The molecule has 0 aromatic heterocycles. The predicted molar refractivity (Wildman–Crippen MR) is 119 cm³/mol. The first-order valence-electron chi connectivity index (χ1n) is 11.2. The summed E-state index contributed by atoms with van der Waals surface area (Å²) in [5, 5.41) is 3.80. The van der Waals surface area contributed by atoms with Gasteiger partial charge in [0, 0.05) is 49.8 Å². The number of hydrogen-bond acceptors (Lipinski definition) is 5. The first kappa shape index (κ1) is 21.2. The van der Waals surface area contributed by atoms with E-state index >= 15 is 0 Å². The van der Waals surface area contributed by atoms with Gasteiger partial charge in [-0.05, 0) is 38.5 Å². The maximum absolute atomic E-state index is 6.00. The molecule has 5 nitrogen and oxygen atoms in total. The second kappa shape index (κ2) is 9.82. The molecular formula is C25H34N2O3. The number of hydrogen-bond donors (Lipinski definition) is 1. The van der Waals surface area contributed by atoms with Crippen molar-refractivity contribution in [2.75, 3.05) is 39.5 Å². The molecule has 1 N–H and O–H groups in total. The molecule has 2 aliphatic heterocycles. The molecule has 2 aliphatic rings. The van der Waals surface area contributed by atoms with Gasteiger partial charge < -0.3 is 19.5 Å². The second-order valence-electron chi connectivity index (χ2n) is 8.39. The van der Waals surface area contributed by atoms with Crippen LogP contribution in [0.5, 0.6) is 11.5 Å². The first-order chi connectivity index (χ1) is 14.6. The minimum Gasteiger partial charge on any atom is -0.494 e. The van der Waals surface area contributed by atoms with Crippen molar-refractivity contribution in [2.24, 2.45) is 0 Å². The highest BCUT2D eigenvalue weighted by molar-refractivity contribution is 5.48. The molecule has 0 saturated carbocycles. The Morgan fingerprint density at radius 2 is 1.93 bits per heavy atom. The van der Waals surface area contributed by atoms with Gasteiger partial charge >= 0.3 is 0 Å². The third-order valence-corrected chi connectivity index (χ3v) is 5.94. The SMILES string of the molecule is CCOc1cc2c(cc1CN[C@H](CN1CCOCC1)c1ccc(C)cc1)O[C@H](C)C2. The van der Waals surface area contributed by atoms with E-state index < -0.39 is 0 Å². The monoisotopic (exact) mass is 410 g/mol. The smallest absolute Gasteiger partial charge is 0.124 e. The molecule has 2 heterocycles. The summed E-state index contributed by atoms with van der Waals surface area (Å²) in [6.07, 6.45) is 1.19. The van der Waals surface area contributed by atoms with Crippen LogP contribution in [0.2, 0.25) is 0 Å². The molecule has 0 bridgehead atoms. The van der Waals surface area contributed by atoms with Gasteiger partial charge in [-0.2, -0.15) is 0 Å². The van der Waals surface area contributed by atoms with Gasteiger partial charge in [-0.15, -0.1) is 0 Å². The lowest BCUT2D eigenvalue weighted by atomic mass is 10.0. The molecule has 2 aromatic rings. The molecule has 30 heavy (non-hydrogen) atoms. The number of nitrogens with one attached hydrogen (secondary N) is 1. The van der Waals surface area contributed by atoms with Crippen molar-refractivity contribution in [3.05, 3.63) is 58.7 Å². The van der Waals surface area contributed by atoms with Gasteiger partial charge in [0.2, 0.25) is 0 Å². The van der Waals surface area contributed by atoms with Crippen LogP contribution < -0.4 is 14.8 Å². The third kappa shape index (κ3) is 5.15. The zero-order valence-corrected chi connectivity index (χ0v) is 18.4. The van der Waals surface area contributed by atoms with Gasteiger partial charge in [0.1, 0.15) is 17.6 Å². The molecule has 1 fully saturated rings. The van der Waals surface area contributed by atoms with Crippen molar-refractivity contribution in [3.8, 4) is 11.5 Å². The predicted octanol–water partition coefficient (Wildman–Crippen LogP) is 3.88. The Bertz CT molecular complexity index is 831. The lowest BCUT2D eigenvalue weighted by Gasteiger charge is -2.31. The summed E-state index contributed by atoms with van der Waals surface area (Å²) in [4.78, 5) is 2.48. The zero-order chi connectivity index (χ0) is 20.9. The third-order valence-electron chi connectivity index (χ3n) is 5.94. The Balaban J connectivity index is 1.52. The van der Waals surface area contributed by atoms with E-state index in [1.165, 1.54) is 16.7 Å². The summed E-state index contributed by atoms with van der Waals surface area (Å²) in [6, 6.07) is 13.4. The van der Waals surface area contributed by atoms with Crippen LogP contribution in [-0.2, 0) is 17.7 Å². The van der Waals surface area contributed by atoms with Crippen molar-refractivity contribution < 1.29 is 14.2 Å². The van der Waals surface area contributed by atoms with Gasteiger partial charge in [-0.25, -0.2) is 0 Å². The number of benzene rings is 2. The molecule has 0 unspecified atom stereocenters. The van der Waals surface area contributed by atoms with Gasteiger partial charge in [-0.1, -0.05) is 29.8 Å². The summed E-state index contributed by atoms with van der Waals surface area (Å²) >= 11 is 0. The van der Waals surface area contributed by atoms with Crippen LogP contribution in [0.15, 0.2) is 36.4 Å². The van der Waals surface area contributed by atoms with Gasteiger partial charge in [-0.3, -0.25) is 4.90 Å². The van der Waals surface area contributed by atoms with E-state index in [1.807, 2.05) is 6.92 Å². The highest BCUT2D eigenvalue weighted by atomic mass is 16.5. The number of rotatable bonds is 8. The highest BCUT2D eigenvalue weighted by Gasteiger charge is 2.23. The highest BCUT2D eigenvalue weighted by Crippen LogP contribution is 2.35. The Labute approximate surface area is 180 Å². The van der Waals surface area contributed by atoms with Crippen LogP contribution in [0.25, 0.3) is 0 Å². The molecule has 1 saturated heterocycles. The largest absolute Gasteiger partial charge is 0.494 e. The van der Waals surface area contributed by atoms with Crippen molar-refractivity contribution in [1.82, 2.24) is 10.2 Å². The van der Waals surface area contributed by atoms with E-state index in [9.17, 15) is 0 Å². The quantitative estimate of drug-likeness (QED) is 0.715. The fourth-order valence-corrected chi connectivity index (χ4v) is 4.27. The zero-order valence-electron chi connectivity index (χ0n) is 18.4. The Hall–Kier alpha value is -2.08. The average molecular weight is 411 g/mol. The number of morpholine rings is 1. The molecule has 0 aliphatic carbocycles. The minimum atomic E-state index is 0.235. The summed E-state index contributed by atoms with van der Waals surface area (Å²) in [7, 11) is 0. The molecule has 0 radical (unpaired) electrons. The first-order valence-corrected chi connectivity index (χ1v) is 11.2. The van der Waals surface area contributed by atoms with Crippen LogP contribution in [0, 0.1) is 6.92 Å². The van der Waals surface area contributed by atoms with Crippen molar-refractivity contribution in [2.45, 2.75) is 45.9 Å². The van der Waals surface area contributed by atoms with Gasteiger partial charge in [0.05, 0.1) is 19.8 Å². The van der Waals surface area contributed by atoms with Gasteiger partial charge in [0.15, 0.2) is 0 Å². The molecule has 2 atom stereocenters. The Morgan fingerprint density at radius 3 is 2.67 bits per heavy atom. The topological polar surface area (TPSA) is 43.0 Å². The van der Waals surface area contributed by atoms with Crippen molar-refractivity contribution in [3.63, 3.8) is 0 Å². The average Bonchev–Trinajstić information content (AvgIpc) is 3.11. The van der Waals surface area contributed by atoms with Crippen LogP contribution in [0.4, 0.5) is 0 Å². The molecule has 162 valence electrons. The Morgan fingerprint density at radius 1 is 1.17 bits per heavy atom. The lowest BCUT2D eigenvalue weighted by Crippen LogP contribution is -2.41. The van der Waals surface area contributed by atoms with E-state index in [0.717, 1.165) is 62.9 Å². The van der Waals surface area contributed by atoms with E-state index in [0.29, 0.717) is 6.61 Å². The van der Waals surface area contributed by atoms with Gasteiger partial charge in [0.25, 0.3) is 0 Å². The number of fused-ring (bicyclic) bond motifs is 1. The minimum absolute atomic E-state index is 0.235. The number of nitrogens with zero attached hydrogens (tertiary/aromatic N) is 1. The normalized spacial score (nSPS) is 19.9. The van der Waals surface area contributed by atoms with E-state index in [-0.39, 0.29) is 12.1 Å². The molecule has 5 heteroatoms. The molecule has 2 aromatic carbocycles. The summed E-state index contributed by atoms with van der Waals surface area (Å²) in [5.41, 5.74) is 5.00. The van der Waals surface area contributed by atoms with E-state index in [2.05, 4.69) is 60.5 Å². The summed E-state index contributed by atoms with van der Waals surface area (Å²) in [5.74, 6) is 1.97. The maximum Gasteiger partial charge on any atom is 0.124 e. The van der Waals surface area contributed by atoms with Crippen LogP contribution in [0.3, 0.4) is 0 Å². The summed E-state index contributed by atoms with van der Waals surface area (Å²) in [6.45, 7) is 12.3. The standard InChI is InChI=1S/C25H34N2O3/c1-4-29-24-14-21-13-19(3)30-25(21)15-22(24)16-26-23(17-27-9-11-28-12-10-27)20-7-5-18(2)6-8-20/h5-8,14-15,19,23,26H,4,9-13,16-17H2,1-3H3/t19-,23-/m1/s1. The molecule has 0 spiro atoms. The number of ether oxygens (including phenoxy) is 3. The van der Waals surface area contributed by atoms with E-state index in [1.54, 1.807) is 0 Å². The fourth-order valence-electron chi connectivity index (χ4n) is 4.27. The molecule has 4 rings (SSSR count). The van der Waals surface area contributed by atoms with Crippen LogP contribution >= 0.6 is 0 Å². The number of aryl methyl sites for hydroxylation is 1. The Kier molecular flexibility index (Phi) is 6.93. The lowest BCUT2D eigenvalue weighted by molar-refractivity contribution is 0.0333. The summed E-state index contributed by atoms with van der Waals surface area (Å²) < 4.78 is 17.5. The fraction of sp³-hybridized carbons (Fsp3) is 0.520. The van der Waals surface area contributed by atoms with Crippen LogP contribution in [0.1, 0.15) is 42.1 Å². The van der Waals surface area contributed by atoms with Crippen molar-refractivity contribution >= 4 is 0 Å².